The molecule has 0 saturated carbocycles. The van der Waals surface area contributed by atoms with Crippen molar-refractivity contribution < 1.29 is 4.39 Å². The highest BCUT2D eigenvalue weighted by Crippen LogP contribution is 2.20. The minimum atomic E-state index is -0.130. The Balaban J connectivity index is 2.54. The van der Waals surface area contributed by atoms with Gasteiger partial charge in [-0.15, -0.1) is 6.58 Å². The maximum atomic E-state index is 13.3. The van der Waals surface area contributed by atoms with Crippen LogP contribution in [-0.2, 0) is 6.42 Å². The minimum absolute atomic E-state index is 0.130. The summed E-state index contributed by atoms with van der Waals surface area (Å²) < 4.78 is 13.3. The number of nitrogens with zero attached hydrogens (tertiary/aromatic N) is 1. The zero-order valence-corrected chi connectivity index (χ0v) is 12.5. The quantitative estimate of drug-likeness (QED) is 0.635. The van der Waals surface area contributed by atoms with Crippen molar-refractivity contribution in [1.82, 2.24) is 4.90 Å². The smallest absolute Gasteiger partial charge is 0.123 e. The summed E-state index contributed by atoms with van der Waals surface area (Å²) in [5, 5.41) is 0. The molecule has 1 aromatic carbocycles. The molecule has 0 saturated heterocycles. The van der Waals surface area contributed by atoms with E-state index in [1.165, 1.54) is 18.1 Å². The van der Waals surface area contributed by atoms with Gasteiger partial charge in [-0.25, -0.2) is 4.39 Å². The van der Waals surface area contributed by atoms with Crippen LogP contribution >= 0.6 is 0 Å². The highest BCUT2D eigenvalue weighted by molar-refractivity contribution is 5.26. The lowest BCUT2D eigenvalue weighted by Gasteiger charge is -2.18. The average molecular weight is 263 g/mol. The van der Waals surface area contributed by atoms with Crippen molar-refractivity contribution in [2.45, 2.75) is 32.6 Å². The molecular weight excluding hydrogens is 237 g/mol. The van der Waals surface area contributed by atoms with Crippen LogP contribution in [-0.4, -0.2) is 25.5 Å². The van der Waals surface area contributed by atoms with Crippen LogP contribution in [0.3, 0.4) is 0 Å². The molecule has 0 fully saturated rings. The third-order valence-electron chi connectivity index (χ3n) is 3.62. The number of allylic oxidation sites excluding steroid dienone is 1. The number of aryl methyl sites for hydroxylation is 2. The first-order chi connectivity index (χ1) is 9.02. The molecule has 0 bridgehead atoms. The van der Waals surface area contributed by atoms with E-state index in [1.807, 2.05) is 12.1 Å². The molecule has 0 spiro atoms. The molecule has 0 aromatic heterocycles. The van der Waals surface area contributed by atoms with Gasteiger partial charge in [-0.3, -0.25) is 0 Å². The van der Waals surface area contributed by atoms with E-state index in [0.717, 1.165) is 31.4 Å². The Hall–Kier alpha value is -1.15. The molecule has 0 radical (unpaired) electrons. The first-order valence-electron chi connectivity index (χ1n) is 7.03. The van der Waals surface area contributed by atoms with Crippen LogP contribution in [0.5, 0.6) is 0 Å². The molecule has 1 nitrogen and oxygen atoms in total. The third kappa shape index (κ3) is 6.02. The normalized spacial score (nSPS) is 12.7. The van der Waals surface area contributed by atoms with Gasteiger partial charge in [-0.05, 0) is 82.4 Å². The third-order valence-corrected chi connectivity index (χ3v) is 3.62. The Labute approximate surface area is 117 Å². The molecule has 0 heterocycles. The van der Waals surface area contributed by atoms with Crippen LogP contribution < -0.4 is 0 Å². The number of halogens is 1. The van der Waals surface area contributed by atoms with Gasteiger partial charge < -0.3 is 4.90 Å². The molecule has 0 aliphatic heterocycles. The zero-order chi connectivity index (χ0) is 14.3. The molecule has 0 aliphatic rings. The summed E-state index contributed by atoms with van der Waals surface area (Å²) in [4.78, 5) is 2.21. The second-order valence-electron chi connectivity index (χ2n) is 5.59. The van der Waals surface area contributed by atoms with Crippen LogP contribution in [0.2, 0.25) is 0 Å². The monoisotopic (exact) mass is 263 g/mol. The summed E-state index contributed by atoms with van der Waals surface area (Å²) in [6, 6.07) is 5.07. The minimum Gasteiger partial charge on any atom is -0.309 e. The molecule has 106 valence electrons. The predicted octanol–water partition coefficient (Wildman–Crippen LogP) is 4.21. The van der Waals surface area contributed by atoms with Gasteiger partial charge in [0.25, 0.3) is 0 Å². The summed E-state index contributed by atoms with van der Waals surface area (Å²) in [5.41, 5.74) is 2.32. The van der Waals surface area contributed by atoms with Gasteiger partial charge in [-0.2, -0.15) is 0 Å². The molecule has 1 atom stereocenters. The first-order valence-corrected chi connectivity index (χ1v) is 7.03. The predicted molar refractivity (Wildman–Crippen MR) is 80.9 cm³/mol. The van der Waals surface area contributed by atoms with E-state index in [4.69, 9.17) is 0 Å². The summed E-state index contributed by atoms with van der Waals surface area (Å²) in [6.45, 7) is 6.99. The lowest BCUT2D eigenvalue weighted by molar-refractivity contribution is 0.340. The van der Waals surface area contributed by atoms with E-state index >= 15 is 0 Å². The Morgan fingerprint density at radius 1 is 1.32 bits per heavy atom. The molecule has 0 amide bonds. The lowest BCUT2D eigenvalue weighted by Crippen LogP contribution is -2.17. The van der Waals surface area contributed by atoms with E-state index in [0.29, 0.717) is 5.92 Å². The van der Waals surface area contributed by atoms with E-state index in [2.05, 4.69) is 32.5 Å². The maximum absolute atomic E-state index is 13.3. The van der Waals surface area contributed by atoms with Gasteiger partial charge >= 0.3 is 0 Å². The molecule has 2 heteroatoms. The van der Waals surface area contributed by atoms with Gasteiger partial charge in [0.15, 0.2) is 0 Å². The topological polar surface area (TPSA) is 3.24 Å². The van der Waals surface area contributed by atoms with Crippen molar-refractivity contribution in [3.05, 3.63) is 47.8 Å². The highest BCUT2D eigenvalue weighted by atomic mass is 19.1. The van der Waals surface area contributed by atoms with Crippen LogP contribution in [0.1, 0.15) is 30.4 Å². The standard InChI is InChI=1S/C17H26FN/c1-5-6-15(11-12-19(3)4)8-9-16-13-17(18)10-7-14(16)2/h5,7,10,13,15H,1,6,8-9,11-12H2,2-4H3. The molecule has 19 heavy (non-hydrogen) atoms. The number of benzene rings is 1. The molecule has 0 aliphatic carbocycles. The Bertz CT molecular complexity index is 398. The van der Waals surface area contributed by atoms with Crippen LogP contribution in [0.25, 0.3) is 0 Å². The van der Waals surface area contributed by atoms with Gasteiger partial charge in [0.2, 0.25) is 0 Å². The van der Waals surface area contributed by atoms with Crippen molar-refractivity contribution in [2.75, 3.05) is 20.6 Å². The van der Waals surface area contributed by atoms with Crippen molar-refractivity contribution in [3.63, 3.8) is 0 Å². The van der Waals surface area contributed by atoms with E-state index in [9.17, 15) is 4.39 Å². The number of rotatable bonds is 8. The van der Waals surface area contributed by atoms with Crippen molar-refractivity contribution in [3.8, 4) is 0 Å². The summed E-state index contributed by atoms with van der Waals surface area (Å²) in [5.74, 6) is 0.511. The van der Waals surface area contributed by atoms with Gasteiger partial charge in [0.05, 0.1) is 0 Å². The van der Waals surface area contributed by atoms with Gasteiger partial charge in [0.1, 0.15) is 5.82 Å². The summed E-state index contributed by atoms with van der Waals surface area (Å²) >= 11 is 0. The van der Waals surface area contributed by atoms with Gasteiger partial charge in [0, 0.05) is 0 Å². The fourth-order valence-electron chi connectivity index (χ4n) is 2.33. The lowest BCUT2D eigenvalue weighted by atomic mass is 9.92. The molecule has 1 rings (SSSR count). The van der Waals surface area contributed by atoms with E-state index in [-0.39, 0.29) is 5.82 Å². The van der Waals surface area contributed by atoms with Crippen LogP contribution in [0, 0.1) is 18.7 Å². The molecular formula is C17H26FN. The molecule has 1 aromatic rings. The van der Waals surface area contributed by atoms with Crippen molar-refractivity contribution in [2.24, 2.45) is 5.92 Å². The largest absolute Gasteiger partial charge is 0.309 e. The Morgan fingerprint density at radius 3 is 2.68 bits per heavy atom. The fraction of sp³-hybridized carbons (Fsp3) is 0.529. The second kappa shape index (κ2) is 8.11. The molecule has 0 N–H and O–H groups in total. The maximum Gasteiger partial charge on any atom is 0.123 e. The average Bonchev–Trinajstić information content (AvgIpc) is 2.36. The SMILES string of the molecule is C=CCC(CCc1cc(F)ccc1C)CCN(C)C. The Kier molecular flexibility index (Phi) is 6.79. The molecule has 1 unspecified atom stereocenters. The van der Waals surface area contributed by atoms with Gasteiger partial charge in [-0.1, -0.05) is 12.1 Å². The summed E-state index contributed by atoms with van der Waals surface area (Å²) in [6.07, 6.45) is 6.27. The summed E-state index contributed by atoms with van der Waals surface area (Å²) in [7, 11) is 4.20. The van der Waals surface area contributed by atoms with Crippen LogP contribution in [0.15, 0.2) is 30.9 Å². The van der Waals surface area contributed by atoms with Crippen molar-refractivity contribution >= 4 is 0 Å². The second-order valence-corrected chi connectivity index (χ2v) is 5.59. The van der Waals surface area contributed by atoms with Crippen LogP contribution in [0.4, 0.5) is 4.39 Å². The Morgan fingerprint density at radius 2 is 2.05 bits per heavy atom. The van der Waals surface area contributed by atoms with E-state index < -0.39 is 0 Å². The van der Waals surface area contributed by atoms with Crippen molar-refractivity contribution in [1.29, 1.82) is 0 Å². The first kappa shape index (κ1) is 15.9. The zero-order valence-electron chi connectivity index (χ0n) is 12.5. The number of hydrogen-bond donors (Lipinski definition) is 0. The van der Waals surface area contributed by atoms with E-state index in [1.54, 1.807) is 6.07 Å². The highest BCUT2D eigenvalue weighted by Gasteiger charge is 2.09. The fourth-order valence-corrected chi connectivity index (χ4v) is 2.33. The number of hydrogen-bond acceptors (Lipinski definition) is 1.